The van der Waals surface area contributed by atoms with Crippen LogP contribution in [0, 0.1) is 23.7 Å². The number of aromatic carboxylic acids is 2. The second-order valence-corrected chi connectivity index (χ2v) is 8.57. The molecule has 0 amide bonds. The number of benzene rings is 2. The zero-order chi connectivity index (χ0) is 24.4. The molecule has 0 aromatic heterocycles. The highest BCUT2D eigenvalue weighted by atomic mass is 16.4. The molecule has 2 rings (SSSR count). The number of rotatable bonds is 8. The lowest BCUT2D eigenvalue weighted by Crippen LogP contribution is -2.25. The minimum absolute atomic E-state index is 0.134. The zero-order valence-corrected chi connectivity index (χ0v) is 19.9. The first kappa shape index (κ1) is 25.8. The number of carboxylic acid groups (broad SMARTS) is 2. The first-order valence-corrected chi connectivity index (χ1v) is 11.5. The Hall–Kier alpha value is -3.50. The highest BCUT2D eigenvalue weighted by Crippen LogP contribution is 2.37. The fourth-order valence-corrected chi connectivity index (χ4v) is 3.66. The van der Waals surface area contributed by atoms with Crippen LogP contribution in [0.15, 0.2) is 36.4 Å². The summed E-state index contributed by atoms with van der Waals surface area (Å²) in [6, 6.07) is 10.1. The standard InChI is InChI=1S/C29H32O4/c1-5-7-9-11-13-21-15-17-23(27(30)31)25(19-21)29(3,4)26-20-22(14-12-10-8-6-2)16-18-24(26)28(32)33/h15-20H,5-10H2,1-4H3,(H,30,31)(H,32,33). The maximum atomic E-state index is 12.0. The molecule has 0 bridgehead atoms. The van der Waals surface area contributed by atoms with Gasteiger partial charge >= 0.3 is 11.9 Å². The Labute approximate surface area is 197 Å². The number of carbonyl (C=O) groups is 2. The molecule has 0 saturated heterocycles. The fraction of sp³-hybridized carbons (Fsp3) is 0.379. The second kappa shape index (κ2) is 11.9. The van der Waals surface area contributed by atoms with E-state index in [9.17, 15) is 19.8 Å². The fourth-order valence-electron chi connectivity index (χ4n) is 3.66. The molecule has 0 unspecified atom stereocenters. The van der Waals surface area contributed by atoms with Gasteiger partial charge in [0.15, 0.2) is 0 Å². The van der Waals surface area contributed by atoms with Crippen LogP contribution < -0.4 is 0 Å². The average molecular weight is 445 g/mol. The molecule has 0 heterocycles. The molecule has 0 fully saturated rings. The van der Waals surface area contributed by atoms with Crippen LogP contribution in [0.1, 0.15) is 109 Å². The van der Waals surface area contributed by atoms with Crippen LogP contribution in [0.4, 0.5) is 0 Å². The van der Waals surface area contributed by atoms with Crippen LogP contribution >= 0.6 is 0 Å². The summed E-state index contributed by atoms with van der Waals surface area (Å²) in [6.07, 6.45) is 5.68. The van der Waals surface area contributed by atoms with Gasteiger partial charge in [0.25, 0.3) is 0 Å². The van der Waals surface area contributed by atoms with Gasteiger partial charge in [0.2, 0.25) is 0 Å². The van der Waals surface area contributed by atoms with Crippen molar-refractivity contribution in [3.8, 4) is 23.7 Å². The predicted octanol–water partition coefficient (Wildman–Crippen LogP) is 6.49. The van der Waals surface area contributed by atoms with Gasteiger partial charge in [0, 0.05) is 29.4 Å². The van der Waals surface area contributed by atoms with Crippen LogP contribution in [-0.4, -0.2) is 22.2 Å². The highest BCUT2D eigenvalue weighted by Gasteiger charge is 2.32. The Morgan fingerprint density at radius 1 is 0.758 bits per heavy atom. The molecular formula is C29H32O4. The van der Waals surface area contributed by atoms with Gasteiger partial charge in [-0.05, 0) is 60.4 Å². The Balaban J connectivity index is 2.64. The minimum atomic E-state index is -1.06. The van der Waals surface area contributed by atoms with Gasteiger partial charge in [-0.1, -0.05) is 64.2 Å². The monoisotopic (exact) mass is 444 g/mol. The average Bonchev–Trinajstić information content (AvgIpc) is 2.79. The van der Waals surface area contributed by atoms with E-state index in [1.807, 2.05) is 13.8 Å². The van der Waals surface area contributed by atoms with E-state index in [1.54, 1.807) is 36.4 Å². The van der Waals surface area contributed by atoms with E-state index in [0.29, 0.717) is 22.3 Å². The van der Waals surface area contributed by atoms with Gasteiger partial charge in [-0.25, -0.2) is 9.59 Å². The van der Waals surface area contributed by atoms with Gasteiger partial charge < -0.3 is 10.2 Å². The maximum Gasteiger partial charge on any atom is 0.335 e. The summed E-state index contributed by atoms with van der Waals surface area (Å²) in [6.45, 7) is 7.90. The molecule has 2 aromatic rings. The summed E-state index contributed by atoms with van der Waals surface area (Å²) in [4.78, 5) is 24.0. The molecule has 172 valence electrons. The van der Waals surface area contributed by atoms with Crippen molar-refractivity contribution in [3.63, 3.8) is 0 Å². The third-order valence-corrected chi connectivity index (χ3v) is 5.62. The molecule has 0 aliphatic carbocycles. The lowest BCUT2D eigenvalue weighted by molar-refractivity contribution is 0.0686. The van der Waals surface area contributed by atoms with Crippen molar-refractivity contribution in [1.82, 2.24) is 0 Å². The van der Waals surface area contributed by atoms with E-state index in [0.717, 1.165) is 38.5 Å². The van der Waals surface area contributed by atoms with Gasteiger partial charge in [0.1, 0.15) is 0 Å². The lowest BCUT2D eigenvalue weighted by atomic mass is 9.73. The molecule has 0 atom stereocenters. The summed E-state index contributed by atoms with van der Waals surface area (Å²) in [5.41, 5.74) is 1.85. The Bertz CT molecular complexity index is 1040. The molecule has 4 nitrogen and oxygen atoms in total. The van der Waals surface area contributed by atoms with E-state index >= 15 is 0 Å². The van der Waals surface area contributed by atoms with Crippen molar-refractivity contribution in [2.75, 3.05) is 0 Å². The van der Waals surface area contributed by atoms with Gasteiger partial charge in [-0.2, -0.15) is 0 Å². The first-order valence-electron chi connectivity index (χ1n) is 11.5. The molecule has 0 radical (unpaired) electrons. The molecule has 33 heavy (non-hydrogen) atoms. The van der Waals surface area contributed by atoms with Crippen LogP contribution in [0.2, 0.25) is 0 Å². The van der Waals surface area contributed by atoms with Crippen molar-refractivity contribution < 1.29 is 19.8 Å². The number of unbranched alkanes of at least 4 members (excludes halogenated alkanes) is 4. The van der Waals surface area contributed by atoms with Crippen LogP contribution in [0.3, 0.4) is 0 Å². The summed E-state index contributed by atoms with van der Waals surface area (Å²) >= 11 is 0. The van der Waals surface area contributed by atoms with Crippen molar-refractivity contribution in [1.29, 1.82) is 0 Å². The molecule has 0 aliphatic rings. The number of hydrogen-bond acceptors (Lipinski definition) is 2. The third kappa shape index (κ3) is 6.74. The Morgan fingerprint density at radius 3 is 1.48 bits per heavy atom. The zero-order valence-electron chi connectivity index (χ0n) is 19.9. The SMILES string of the molecule is CCCCC#Cc1ccc(C(=O)O)c(C(C)(C)c2cc(C#CCCCC)ccc2C(=O)O)c1. The van der Waals surface area contributed by atoms with Crippen molar-refractivity contribution >= 4 is 11.9 Å². The molecule has 0 aliphatic heterocycles. The second-order valence-electron chi connectivity index (χ2n) is 8.57. The summed E-state index contributed by atoms with van der Waals surface area (Å²) in [7, 11) is 0. The van der Waals surface area contributed by atoms with Crippen LogP contribution in [-0.2, 0) is 5.41 Å². The number of hydrogen-bond donors (Lipinski definition) is 2. The van der Waals surface area contributed by atoms with E-state index < -0.39 is 17.4 Å². The number of carboxylic acids is 2. The Morgan fingerprint density at radius 2 is 1.15 bits per heavy atom. The van der Waals surface area contributed by atoms with E-state index in [1.165, 1.54) is 0 Å². The molecule has 0 saturated carbocycles. The van der Waals surface area contributed by atoms with Crippen molar-refractivity contribution in [2.45, 2.75) is 71.6 Å². The van der Waals surface area contributed by atoms with Crippen LogP contribution in [0.25, 0.3) is 0 Å². The molecular weight excluding hydrogens is 412 g/mol. The molecule has 4 heteroatoms. The smallest absolute Gasteiger partial charge is 0.335 e. The van der Waals surface area contributed by atoms with E-state index in [2.05, 4.69) is 37.5 Å². The van der Waals surface area contributed by atoms with Crippen molar-refractivity contribution in [2.24, 2.45) is 0 Å². The summed E-state index contributed by atoms with van der Waals surface area (Å²) in [5, 5.41) is 19.7. The summed E-state index contributed by atoms with van der Waals surface area (Å²) in [5.74, 6) is 10.4. The quantitative estimate of drug-likeness (QED) is 0.360. The van der Waals surface area contributed by atoms with Gasteiger partial charge in [0.05, 0.1) is 11.1 Å². The maximum absolute atomic E-state index is 12.0. The van der Waals surface area contributed by atoms with Gasteiger partial charge in [-0.3, -0.25) is 0 Å². The predicted molar refractivity (Wildman–Crippen MR) is 132 cm³/mol. The first-order chi connectivity index (χ1) is 15.7. The Kier molecular flexibility index (Phi) is 9.31. The van der Waals surface area contributed by atoms with Crippen molar-refractivity contribution in [3.05, 3.63) is 69.8 Å². The van der Waals surface area contributed by atoms with E-state index in [-0.39, 0.29) is 11.1 Å². The third-order valence-electron chi connectivity index (χ3n) is 5.62. The van der Waals surface area contributed by atoms with Gasteiger partial charge in [-0.15, -0.1) is 0 Å². The van der Waals surface area contributed by atoms with E-state index in [4.69, 9.17) is 0 Å². The molecule has 2 aromatic carbocycles. The van der Waals surface area contributed by atoms with Crippen LogP contribution in [0.5, 0.6) is 0 Å². The summed E-state index contributed by atoms with van der Waals surface area (Å²) < 4.78 is 0. The largest absolute Gasteiger partial charge is 0.478 e. The topological polar surface area (TPSA) is 74.6 Å². The minimum Gasteiger partial charge on any atom is -0.478 e. The highest BCUT2D eigenvalue weighted by molar-refractivity contribution is 5.93. The molecule has 0 spiro atoms. The normalized spacial score (nSPS) is 10.5. The molecule has 2 N–H and O–H groups in total. The lowest BCUT2D eigenvalue weighted by Gasteiger charge is -2.29.